The van der Waals surface area contributed by atoms with Gasteiger partial charge in [0.1, 0.15) is 0 Å². The minimum Gasteiger partial charge on any atom is -0.353 e. The van der Waals surface area contributed by atoms with E-state index in [0.29, 0.717) is 34.9 Å². The van der Waals surface area contributed by atoms with E-state index < -0.39 is 0 Å². The van der Waals surface area contributed by atoms with Gasteiger partial charge in [-0.2, -0.15) is 0 Å². The van der Waals surface area contributed by atoms with Gasteiger partial charge in [0.15, 0.2) is 11.0 Å². The first-order chi connectivity index (χ1) is 14.0. The third-order valence-electron chi connectivity index (χ3n) is 5.13. The van der Waals surface area contributed by atoms with Crippen molar-refractivity contribution in [2.24, 2.45) is 0 Å². The summed E-state index contributed by atoms with van der Waals surface area (Å²) in [5.74, 6) is 0.901. The van der Waals surface area contributed by atoms with Gasteiger partial charge < -0.3 is 15.2 Å². The van der Waals surface area contributed by atoms with E-state index in [9.17, 15) is 9.59 Å². The maximum absolute atomic E-state index is 12.5. The highest BCUT2D eigenvalue weighted by molar-refractivity contribution is 7.99. The summed E-state index contributed by atoms with van der Waals surface area (Å²) >= 11 is 1.38. The second kappa shape index (κ2) is 9.91. The van der Waals surface area contributed by atoms with E-state index in [1.807, 2.05) is 43.5 Å². The molecule has 1 aromatic heterocycles. The van der Waals surface area contributed by atoms with Crippen molar-refractivity contribution in [1.82, 2.24) is 25.4 Å². The molecule has 1 aliphatic rings. The van der Waals surface area contributed by atoms with Crippen LogP contribution in [-0.4, -0.2) is 38.4 Å². The molecule has 0 radical (unpaired) electrons. The number of aryl methyl sites for hydroxylation is 1. The molecular weight excluding hydrogens is 386 g/mol. The van der Waals surface area contributed by atoms with Crippen molar-refractivity contribution in [2.75, 3.05) is 5.75 Å². The van der Waals surface area contributed by atoms with Crippen LogP contribution in [0.2, 0.25) is 0 Å². The minimum atomic E-state index is -0.294. The third-order valence-corrected chi connectivity index (χ3v) is 6.10. The maximum atomic E-state index is 12.5. The lowest BCUT2D eigenvalue weighted by Crippen LogP contribution is -2.33. The first kappa shape index (κ1) is 21.4. The van der Waals surface area contributed by atoms with Crippen LogP contribution in [0, 0.1) is 6.92 Å². The molecule has 1 heterocycles. The van der Waals surface area contributed by atoms with Crippen LogP contribution < -0.4 is 10.6 Å². The Morgan fingerprint density at radius 2 is 2.03 bits per heavy atom. The van der Waals surface area contributed by atoms with Crippen LogP contribution in [0.15, 0.2) is 29.4 Å². The number of amides is 2. The molecule has 2 N–H and O–H groups in total. The molecule has 0 bridgehead atoms. The van der Waals surface area contributed by atoms with Crippen LogP contribution in [0.4, 0.5) is 0 Å². The van der Waals surface area contributed by atoms with E-state index >= 15 is 0 Å². The Bertz CT molecular complexity index is 861. The summed E-state index contributed by atoms with van der Waals surface area (Å²) in [7, 11) is 0. The van der Waals surface area contributed by atoms with E-state index in [-0.39, 0.29) is 17.9 Å². The molecule has 1 fully saturated rings. The lowest BCUT2D eigenvalue weighted by atomic mass is 10.1. The van der Waals surface area contributed by atoms with Gasteiger partial charge in [-0.3, -0.25) is 9.59 Å². The first-order valence-electron chi connectivity index (χ1n) is 10.2. The Hall–Kier alpha value is -2.35. The fraction of sp³-hybridized carbons (Fsp3) is 0.524. The molecule has 156 valence electrons. The second-order valence-corrected chi connectivity index (χ2v) is 8.43. The molecule has 1 aliphatic carbocycles. The molecule has 8 heteroatoms. The maximum Gasteiger partial charge on any atom is 0.251 e. The predicted octanol–water partition coefficient (Wildman–Crippen LogP) is 3.25. The van der Waals surface area contributed by atoms with Crippen LogP contribution in [0.25, 0.3) is 0 Å². The lowest BCUT2D eigenvalue weighted by molar-refractivity contribution is -0.119. The number of thioether (sulfide) groups is 1. The zero-order valence-corrected chi connectivity index (χ0v) is 18.1. The Labute approximate surface area is 176 Å². The zero-order valence-electron chi connectivity index (χ0n) is 17.3. The highest BCUT2D eigenvalue weighted by Gasteiger charge is 2.21. The topological polar surface area (TPSA) is 88.9 Å². The van der Waals surface area contributed by atoms with Crippen molar-refractivity contribution in [3.63, 3.8) is 0 Å². The number of nitrogens with zero attached hydrogens (tertiary/aromatic N) is 3. The van der Waals surface area contributed by atoms with Crippen molar-refractivity contribution >= 4 is 23.6 Å². The van der Waals surface area contributed by atoms with Crippen LogP contribution in [0.3, 0.4) is 0 Å². The van der Waals surface area contributed by atoms with Gasteiger partial charge in [-0.25, -0.2) is 0 Å². The van der Waals surface area contributed by atoms with Gasteiger partial charge in [-0.05, 0) is 45.7 Å². The molecule has 7 nitrogen and oxygen atoms in total. The van der Waals surface area contributed by atoms with Gasteiger partial charge in [0, 0.05) is 18.2 Å². The number of rotatable bonds is 8. The largest absolute Gasteiger partial charge is 0.353 e. The molecule has 0 saturated heterocycles. The molecule has 1 atom stereocenters. The quantitative estimate of drug-likeness (QED) is 0.646. The Balaban J connectivity index is 1.60. The summed E-state index contributed by atoms with van der Waals surface area (Å²) in [5.41, 5.74) is 1.66. The van der Waals surface area contributed by atoms with Crippen molar-refractivity contribution in [2.45, 2.75) is 70.2 Å². The van der Waals surface area contributed by atoms with Crippen LogP contribution >= 0.6 is 11.8 Å². The van der Waals surface area contributed by atoms with E-state index in [2.05, 4.69) is 20.8 Å². The van der Waals surface area contributed by atoms with Crippen molar-refractivity contribution in [3.8, 4) is 0 Å². The van der Waals surface area contributed by atoms with Crippen molar-refractivity contribution in [1.29, 1.82) is 0 Å². The normalized spacial score (nSPS) is 15.3. The summed E-state index contributed by atoms with van der Waals surface area (Å²) in [6.07, 6.45) is 4.53. The van der Waals surface area contributed by atoms with Crippen LogP contribution in [0.5, 0.6) is 0 Å². The standard InChI is InChI=1S/C21H29N5O2S/c1-4-26-19(15(3)22-20(28)16-9-7-8-14(2)12-16)24-25-21(26)29-13-18(27)23-17-10-5-6-11-17/h7-9,12,15,17H,4-6,10-11,13H2,1-3H3,(H,22,28)(H,23,27)/t15-/m1/s1. The minimum absolute atomic E-state index is 0.0369. The number of hydrogen-bond donors (Lipinski definition) is 2. The van der Waals surface area contributed by atoms with Gasteiger partial charge in [0.2, 0.25) is 5.91 Å². The molecule has 0 aliphatic heterocycles. The van der Waals surface area contributed by atoms with E-state index in [4.69, 9.17) is 0 Å². The Morgan fingerprint density at radius 3 is 2.72 bits per heavy atom. The number of aromatic nitrogens is 3. The molecule has 1 aromatic carbocycles. The summed E-state index contributed by atoms with van der Waals surface area (Å²) in [6, 6.07) is 7.51. The fourth-order valence-corrected chi connectivity index (χ4v) is 4.45. The highest BCUT2D eigenvalue weighted by Crippen LogP contribution is 2.22. The molecule has 1 saturated carbocycles. The van der Waals surface area contributed by atoms with Crippen LogP contribution in [-0.2, 0) is 11.3 Å². The fourth-order valence-electron chi connectivity index (χ4n) is 3.62. The lowest BCUT2D eigenvalue weighted by Gasteiger charge is -2.15. The summed E-state index contributed by atoms with van der Waals surface area (Å²) < 4.78 is 1.95. The molecule has 2 aromatic rings. The predicted molar refractivity (Wildman–Crippen MR) is 114 cm³/mol. The van der Waals surface area contributed by atoms with Gasteiger partial charge >= 0.3 is 0 Å². The Kier molecular flexibility index (Phi) is 7.30. The molecule has 2 amide bonds. The third kappa shape index (κ3) is 5.59. The molecule has 0 unspecified atom stereocenters. The molecule has 3 rings (SSSR count). The zero-order chi connectivity index (χ0) is 20.8. The van der Waals surface area contributed by atoms with E-state index in [1.54, 1.807) is 6.07 Å². The van der Waals surface area contributed by atoms with Crippen molar-refractivity contribution < 1.29 is 9.59 Å². The molecular formula is C21H29N5O2S. The summed E-state index contributed by atoms with van der Waals surface area (Å²) in [6.45, 7) is 6.52. The Morgan fingerprint density at radius 1 is 1.28 bits per heavy atom. The average Bonchev–Trinajstić information content (AvgIpc) is 3.35. The molecule has 0 spiro atoms. The highest BCUT2D eigenvalue weighted by atomic mass is 32.2. The van der Waals surface area contributed by atoms with Crippen molar-refractivity contribution in [3.05, 3.63) is 41.2 Å². The smallest absolute Gasteiger partial charge is 0.251 e. The van der Waals surface area contributed by atoms with Gasteiger partial charge in [0.25, 0.3) is 5.91 Å². The molecule has 29 heavy (non-hydrogen) atoms. The van der Waals surface area contributed by atoms with Gasteiger partial charge in [-0.15, -0.1) is 10.2 Å². The van der Waals surface area contributed by atoms with Gasteiger partial charge in [-0.1, -0.05) is 42.3 Å². The summed E-state index contributed by atoms with van der Waals surface area (Å²) in [4.78, 5) is 24.7. The first-order valence-corrected chi connectivity index (χ1v) is 11.2. The SMILES string of the molecule is CCn1c(SCC(=O)NC2CCCC2)nnc1[C@@H](C)NC(=O)c1cccc(C)c1. The van der Waals surface area contributed by atoms with E-state index in [1.165, 1.54) is 24.6 Å². The number of carbonyl (C=O) groups is 2. The summed E-state index contributed by atoms with van der Waals surface area (Å²) in [5, 5.41) is 15.3. The number of hydrogen-bond acceptors (Lipinski definition) is 5. The monoisotopic (exact) mass is 415 g/mol. The number of nitrogens with one attached hydrogen (secondary N) is 2. The van der Waals surface area contributed by atoms with E-state index in [0.717, 1.165) is 18.4 Å². The second-order valence-electron chi connectivity index (χ2n) is 7.49. The number of carbonyl (C=O) groups excluding carboxylic acids is 2. The number of benzene rings is 1. The van der Waals surface area contributed by atoms with Gasteiger partial charge in [0.05, 0.1) is 11.8 Å². The van der Waals surface area contributed by atoms with Crippen LogP contribution in [0.1, 0.15) is 67.3 Å². The average molecular weight is 416 g/mol.